The standard InChI is InChI=1S/C16H27N3O2S/c1-3-4-11-18(2)22(20,21)17-13-15-10-12-19(14-15)16-8-6-5-7-9-16/h5-9,15,17H,3-4,10-14H2,1-2H3/t15-/m0/s1. The molecule has 1 aliphatic heterocycles. The molecular formula is C16H27N3O2S. The van der Waals surface area contributed by atoms with Crippen LogP contribution in [-0.4, -0.2) is 45.9 Å². The molecule has 0 unspecified atom stereocenters. The molecule has 1 heterocycles. The van der Waals surface area contributed by atoms with Gasteiger partial charge in [0.15, 0.2) is 0 Å². The van der Waals surface area contributed by atoms with E-state index in [0.717, 1.165) is 32.4 Å². The molecule has 0 spiro atoms. The molecule has 1 atom stereocenters. The van der Waals surface area contributed by atoms with E-state index < -0.39 is 10.2 Å². The number of hydrogen-bond donors (Lipinski definition) is 1. The Morgan fingerprint density at radius 3 is 2.73 bits per heavy atom. The number of anilines is 1. The first kappa shape index (κ1) is 17.2. The van der Waals surface area contributed by atoms with Crippen LogP contribution in [0.25, 0.3) is 0 Å². The van der Waals surface area contributed by atoms with Crippen molar-refractivity contribution in [3.05, 3.63) is 30.3 Å². The molecule has 0 bridgehead atoms. The number of rotatable bonds is 8. The fraction of sp³-hybridized carbons (Fsp3) is 0.625. The Balaban J connectivity index is 1.81. The Kier molecular flexibility index (Phi) is 6.23. The number of unbranched alkanes of at least 4 members (excludes halogenated alkanes) is 1. The lowest BCUT2D eigenvalue weighted by Gasteiger charge is -2.20. The zero-order valence-electron chi connectivity index (χ0n) is 13.5. The van der Waals surface area contributed by atoms with Crippen molar-refractivity contribution in [3.63, 3.8) is 0 Å². The van der Waals surface area contributed by atoms with Crippen molar-refractivity contribution < 1.29 is 8.42 Å². The molecule has 0 radical (unpaired) electrons. The Labute approximate surface area is 134 Å². The molecule has 1 aromatic rings. The third-order valence-electron chi connectivity index (χ3n) is 4.20. The Bertz CT molecular complexity index is 548. The highest BCUT2D eigenvalue weighted by Gasteiger charge is 2.25. The molecule has 1 saturated heterocycles. The predicted molar refractivity (Wildman–Crippen MR) is 91.2 cm³/mol. The fourth-order valence-corrected chi connectivity index (χ4v) is 3.74. The summed E-state index contributed by atoms with van der Waals surface area (Å²) in [5.74, 6) is 0.370. The minimum absolute atomic E-state index is 0.370. The molecular weight excluding hydrogens is 298 g/mol. The summed E-state index contributed by atoms with van der Waals surface area (Å²) in [6.07, 6.45) is 2.91. The summed E-state index contributed by atoms with van der Waals surface area (Å²) in [4.78, 5) is 2.32. The van der Waals surface area contributed by atoms with E-state index in [1.54, 1.807) is 7.05 Å². The molecule has 1 aromatic carbocycles. The SMILES string of the molecule is CCCCN(C)S(=O)(=O)NC[C@@H]1CCN(c2ccccc2)C1. The average Bonchev–Trinajstić information content (AvgIpc) is 3.00. The second-order valence-corrected chi connectivity index (χ2v) is 7.83. The maximum absolute atomic E-state index is 12.1. The van der Waals surface area contributed by atoms with Crippen LogP contribution in [0, 0.1) is 5.92 Å². The van der Waals surface area contributed by atoms with Crippen LogP contribution in [0.3, 0.4) is 0 Å². The second-order valence-electron chi connectivity index (χ2n) is 5.96. The first-order valence-electron chi connectivity index (χ1n) is 8.04. The number of nitrogens with one attached hydrogen (secondary N) is 1. The van der Waals surface area contributed by atoms with Gasteiger partial charge in [-0.2, -0.15) is 12.7 Å². The summed E-state index contributed by atoms with van der Waals surface area (Å²) in [6, 6.07) is 10.3. The van der Waals surface area contributed by atoms with Gasteiger partial charge in [0.05, 0.1) is 0 Å². The molecule has 1 N–H and O–H groups in total. The van der Waals surface area contributed by atoms with E-state index >= 15 is 0 Å². The highest BCUT2D eigenvalue weighted by atomic mass is 32.2. The largest absolute Gasteiger partial charge is 0.371 e. The van der Waals surface area contributed by atoms with E-state index in [-0.39, 0.29) is 0 Å². The van der Waals surface area contributed by atoms with Crippen LogP contribution in [-0.2, 0) is 10.2 Å². The zero-order valence-corrected chi connectivity index (χ0v) is 14.3. The lowest BCUT2D eigenvalue weighted by atomic mass is 10.1. The van der Waals surface area contributed by atoms with Gasteiger partial charge in [0, 0.05) is 38.9 Å². The summed E-state index contributed by atoms with van der Waals surface area (Å²) in [5, 5.41) is 0. The van der Waals surface area contributed by atoms with Gasteiger partial charge in [-0.05, 0) is 30.9 Å². The summed E-state index contributed by atoms with van der Waals surface area (Å²) in [6.45, 7) is 5.05. The first-order valence-corrected chi connectivity index (χ1v) is 9.48. The van der Waals surface area contributed by atoms with Gasteiger partial charge >= 0.3 is 0 Å². The van der Waals surface area contributed by atoms with Crippen LogP contribution in [0.2, 0.25) is 0 Å². The van der Waals surface area contributed by atoms with E-state index in [4.69, 9.17) is 0 Å². The highest BCUT2D eigenvalue weighted by Crippen LogP contribution is 2.23. The van der Waals surface area contributed by atoms with E-state index in [1.165, 1.54) is 9.99 Å². The van der Waals surface area contributed by atoms with Crippen LogP contribution in [0.1, 0.15) is 26.2 Å². The Morgan fingerprint density at radius 2 is 2.05 bits per heavy atom. The molecule has 0 aliphatic carbocycles. The van der Waals surface area contributed by atoms with Gasteiger partial charge in [-0.1, -0.05) is 31.5 Å². The molecule has 5 nitrogen and oxygen atoms in total. The molecule has 2 rings (SSSR count). The molecule has 0 amide bonds. The van der Waals surface area contributed by atoms with Gasteiger partial charge in [0.1, 0.15) is 0 Å². The van der Waals surface area contributed by atoms with E-state index in [9.17, 15) is 8.42 Å². The monoisotopic (exact) mass is 325 g/mol. The molecule has 22 heavy (non-hydrogen) atoms. The summed E-state index contributed by atoms with van der Waals surface area (Å²) < 4.78 is 28.5. The summed E-state index contributed by atoms with van der Waals surface area (Å²) in [7, 11) is -1.70. The number of hydrogen-bond acceptors (Lipinski definition) is 3. The minimum atomic E-state index is -3.34. The van der Waals surface area contributed by atoms with Crippen molar-refractivity contribution in [2.24, 2.45) is 5.92 Å². The lowest BCUT2D eigenvalue weighted by Crippen LogP contribution is -2.41. The number of nitrogens with zero attached hydrogens (tertiary/aromatic N) is 2. The van der Waals surface area contributed by atoms with Crippen LogP contribution < -0.4 is 9.62 Å². The maximum Gasteiger partial charge on any atom is 0.279 e. The van der Waals surface area contributed by atoms with Crippen LogP contribution in [0.15, 0.2) is 30.3 Å². The van der Waals surface area contributed by atoms with Gasteiger partial charge in [0.2, 0.25) is 0 Å². The van der Waals surface area contributed by atoms with Gasteiger partial charge in [-0.25, -0.2) is 4.72 Å². The summed E-state index contributed by atoms with van der Waals surface area (Å²) in [5.41, 5.74) is 1.22. The van der Waals surface area contributed by atoms with Crippen LogP contribution in [0.4, 0.5) is 5.69 Å². The highest BCUT2D eigenvalue weighted by molar-refractivity contribution is 7.87. The molecule has 0 saturated carbocycles. The van der Waals surface area contributed by atoms with Crippen molar-refractivity contribution in [1.29, 1.82) is 0 Å². The fourth-order valence-electron chi connectivity index (χ4n) is 2.71. The van der Waals surface area contributed by atoms with Gasteiger partial charge in [-0.15, -0.1) is 0 Å². The van der Waals surface area contributed by atoms with Crippen LogP contribution in [0.5, 0.6) is 0 Å². The molecule has 124 valence electrons. The average molecular weight is 325 g/mol. The topological polar surface area (TPSA) is 52.7 Å². The Morgan fingerprint density at radius 1 is 1.32 bits per heavy atom. The van der Waals surface area contributed by atoms with Crippen molar-refractivity contribution in [1.82, 2.24) is 9.03 Å². The molecule has 6 heteroatoms. The van der Waals surface area contributed by atoms with Crippen LogP contribution >= 0.6 is 0 Å². The van der Waals surface area contributed by atoms with E-state index in [2.05, 4.69) is 28.7 Å². The van der Waals surface area contributed by atoms with Crippen molar-refractivity contribution in [2.75, 3.05) is 38.1 Å². The van der Waals surface area contributed by atoms with Gasteiger partial charge in [0.25, 0.3) is 10.2 Å². The maximum atomic E-state index is 12.1. The van der Waals surface area contributed by atoms with Gasteiger partial charge < -0.3 is 4.90 Å². The van der Waals surface area contributed by atoms with Gasteiger partial charge in [-0.3, -0.25) is 0 Å². The quantitative estimate of drug-likeness (QED) is 0.796. The zero-order chi connectivity index (χ0) is 16.0. The van der Waals surface area contributed by atoms with E-state index in [0.29, 0.717) is 19.0 Å². The number of benzene rings is 1. The third kappa shape index (κ3) is 4.69. The molecule has 1 aliphatic rings. The molecule has 1 fully saturated rings. The minimum Gasteiger partial charge on any atom is -0.371 e. The van der Waals surface area contributed by atoms with E-state index in [1.807, 2.05) is 18.2 Å². The smallest absolute Gasteiger partial charge is 0.279 e. The lowest BCUT2D eigenvalue weighted by molar-refractivity contribution is 0.441. The van der Waals surface area contributed by atoms with Crippen molar-refractivity contribution in [3.8, 4) is 0 Å². The number of para-hydroxylation sites is 1. The van der Waals surface area contributed by atoms with Crippen molar-refractivity contribution in [2.45, 2.75) is 26.2 Å². The Hall–Kier alpha value is -1.11. The summed E-state index contributed by atoms with van der Waals surface area (Å²) >= 11 is 0. The predicted octanol–water partition coefficient (Wildman–Crippen LogP) is 2.08. The third-order valence-corrected chi connectivity index (χ3v) is 5.73. The normalized spacial score (nSPS) is 19.0. The second kappa shape index (κ2) is 7.94. The first-order chi connectivity index (χ1) is 10.5. The molecule has 0 aromatic heterocycles. The van der Waals surface area contributed by atoms with Crippen molar-refractivity contribution >= 4 is 15.9 Å².